The van der Waals surface area contributed by atoms with Crippen LogP contribution < -0.4 is 5.32 Å². The van der Waals surface area contributed by atoms with Crippen molar-refractivity contribution in [3.63, 3.8) is 0 Å². The van der Waals surface area contributed by atoms with E-state index in [0.717, 1.165) is 5.39 Å². The third-order valence-corrected chi connectivity index (χ3v) is 3.15. The van der Waals surface area contributed by atoms with Crippen LogP contribution in [0.1, 0.15) is 10.5 Å². The maximum Gasteiger partial charge on any atom is 0.272 e. The zero-order valence-electron chi connectivity index (χ0n) is 10.3. The van der Waals surface area contributed by atoms with Gasteiger partial charge in [0.2, 0.25) is 0 Å². The Balaban J connectivity index is 1.88. The molecule has 5 heteroatoms. The summed E-state index contributed by atoms with van der Waals surface area (Å²) in [7, 11) is 0. The lowest BCUT2D eigenvalue weighted by Crippen LogP contribution is -2.12. The predicted octanol–water partition coefficient (Wildman–Crippen LogP) is 4.21. The van der Waals surface area contributed by atoms with Gasteiger partial charge in [-0.05, 0) is 42.5 Å². The first-order valence-electron chi connectivity index (χ1n) is 5.97. The predicted molar refractivity (Wildman–Crippen MR) is 77.7 cm³/mol. The van der Waals surface area contributed by atoms with E-state index in [1.54, 1.807) is 36.4 Å². The zero-order valence-corrected chi connectivity index (χ0v) is 11.0. The number of carbonyl (C=O) groups is 1. The van der Waals surface area contributed by atoms with Crippen molar-refractivity contribution in [2.45, 2.75) is 0 Å². The van der Waals surface area contributed by atoms with Crippen molar-refractivity contribution in [1.29, 1.82) is 0 Å². The van der Waals surface area contributed by atoms with Crippen LogP contribution in [0.3, 0.4) is 0 Å². The van der Waals surface area contributed by atoms with Crippen molar-refractivity contribution in [3.8, 4) is 0 Å². The molecule has 100 valence electrons. The molecule has 3 nitrogen and oxygen atoms in total. The summed E-state index contributed by atoms with van der Waals surface area (Å²) in [6.07, 6.45) is 0. The maximum absolute atomic E-state index is 13.1. The summed E-state index contributed by atoms with van der Waals surface area (Å²) >= 11 is 5.86. The molecule has 0 radical (unpaired) electrons. The summed E-state index contributed by atoms with van der Waals surface area (Å²) in [5.74, 6) is -0.648. The van der Waals surface area contributed by atoms with Crippen molar-refractivity contribution in [3.05, 3.63) is 65.1 Å². The number of aromatic nitrogens is 1. The molecular weight excluding hydrogens is 279 g/mol. The number of hydrogen-bond acceptors (Lipinski definition) is 1. The second-order valence-electron chi connectivity index (χ2n) is 4.38. The van der Waals surface area contributed by atoms with Gasteiger partial charge in [0.1, 0.15) is 11.5 Å². The average molecular weight is 289 g/mol. The van der Waals surface area contributed by atoms with E-state index in [0.29, 0.717) is 21.9 Å². The van der Waals surface area contributed by atoms with Gasteiger partial charge < -0.3 is 10.3 Å². The quantitative estimate of drug-likeness (QED) is 0.729. The van der Waals surface area contributed by atoms with Crippen LogP contribution in [0, 0.1) is 5.82 Å². The summed E-state index contributed by atoms with van der Waals surface area (Å²) in [5, 5.41) is 4.05. The van der Waals surface area contributed by atoms with Crippen LogP contribution in [0.25, 0.3) is 10.9 Å². The van der Waals surface area contributed by atoms with E-state index >= 15 is 0 Å². The van der Waals surface area contributed by atoms with Crippen LogP contribution in [0.15, 0.2) is 48.5 Å². The highest BCUT2D eigenvalue weighted by molar-refractivity contribution is 6.31. The Hall–Kier alpha value is -2.33. The van der Waals surface area contributed by atoms with Gasteiger partial charge in [0.05, 0.1) is 0 Å². The van der Waals surface area contributed by atoms with E-state index in [1.165, 1.54) is 12.1 Å². The smallest absolute Gasteiger partial charge is 0.272 e. The van der Waals surface area contributed by atoms with Gasteiger partial charge in [-0.1, -0.05) is 17.7 Å². The molecule has 0 unspecified atom stereocenters. The normalized spacial score (nSPS) is 10.7. The molecule has 2 aromatic carbocycles. The fraction of sp³-hybridized carbons (Fsp3) is 0. The van der Waals surface area contributed by atoms with Gasteiger partial charge in [0, 0.05) is 21.6 Å². The van der Waals surface area contributed by atoms with Crippen LogP contribution in [-0.4, -0.2) is 10.9 Å². The third-order valence-electron chi connectivity index (χ3n) is 2.91. The summed E-state index contributed by atoms with van der Waals surface area (Å²) in [6.45, 7) is 0. The lowest BCUT2D eigenvalue weighted by Gasteiger charge is -2.03. The number of amides is 1. The fourth-order valence-electron chi connectivity index (χ4n) is 1.99. The van der Waals surface area contributed by atoms with Crippen LogP contribution in [0.5, 0.6) is 0 Å². The molecule has 0 spiro atoms. The van der Waals surface area contributed by atoms with E-state index in [9.17, 15) is 9.18 Å². The first-order chi connectivity index (χ1) is 9.61. The van der Waals surface area contributed by atoms with Gasteiger partial charge in [-0.2, -0.15) is 0 Å². The molecule has 0 atom stereocenters. The number of nitrogens with one attached hydrogen (secondary N) is 2. The Labute approximate surface area is 119 Å². The lowest BCUT2D eigenvalue weighted by atomic mass is 10.2. The molecule has 3 aromatic rings. The number of carbonyl (C=O) groups excluding carboxylic acids is 1. The van der Waals surface area contributed by atoms with Gasteiger partial charge in [-0.15, -0.1) is 0 Å². The summed E-state index contributed by atoms with van der Waals surface area (Å²) in [5.41, 5.74) is 1.55. The Kier molecular flexibility index (Phi) is 3.16. The first kappa shape index (κ1) is 12.7. The first-order valence-corrected chi connectivity index (χ1v) is 6.35. The second kappa shape index (κ2) is 4.98. The number of benzene rings is 2. The van der Waals surface area contributed by atoms with Gasteiger partial charge in [0.25, 0.3) is 5.91 Å². The lowest BCUT2D eigenvalue weighted by molar-refractivity contribution is 0.102. The van der Waals surface area contributed by atoms with Crippen molar-refractivity contribution >= 4 is 34.1 Å². The number of anilines is 1. The van der Waals surface area contributed by atoms with Crippen LogP contribution in [0.4, 0.5) is 10.1 Å². The molecule has 0 saturated carbocycles. The van der Waals surface area contributed by atoms with Crippen molar-refractivity contribution in [2.24, 2.45) is 0 Å². The number of fused-ring (bicyclic) bond motifs is 1. The summed E-state index contributed by atoms with van der Waals surface area (Å²) < 4.78 is 13.1. The minimum absolute atomic E-state index is 0.302. The van der Waals surface area contributed by atoms with Crippen LogP contribution in [0.2, 0.25) is 5.02 Å². The maximum atomic E-state index is 13.1. The van der Waals surface area contributed by atoms with Crippen LogP contribution in [-0.2, 0) is 0 Å². The Morgan fingerprint density at radius 1 is 1.15 bits per heavy atom. The van der Waals surface area contributed by atoms with Crippen molar-refractivity contribution in [1.82, 2.24) is 4.98 Å². The van der Waals surface area contributed by atoms with Gasteiger partial charge in [-0.3, -0.25) is 4.79 Å². The Morgan fingerprint density at radius 3 is 2.80 bits per heavy atom. The fourth-order valence-corrected chi connectivity index (χ4v) is 2.18. The highest BCUT2D eigenvalue weighted by atomic mass is 35.5. The van der Waals surface area contributed by atoms with Gasteiger partial charge in [-0.25, -0.2) is 4.39 Å². The number of aromatic amines is 1. The molecule has 20 heavy (non-hydrogen) atoms. The molecule has 0 fully saturated rings. The van der Waals surface area contributed by atoms with Crippen molar-refractivity contribution in [2.75, 3.05) is 5.32 Å². The monoisotopic (exact) mass is 288 g/mol. The van der Waals surface area contributed by atoms with E-state index in [2.05, 4.69) is 10.3 Å². The van der Waals surface area contributed by atoms with Crippen LogP contribution >= 0.6 is 11.6 Å². The molecule has 2 N–H and O–H groups in total. The summed E-state index contributed by atoms with van der Waals surface area (Å²) in [4.78, 5) is 15.0. The topological polar surface area (TPSA) is 44.9 Å². The minimum atomic E-state index is -0.346. The molecule has 1 heterocycles. The molecule has 0 saturated heterocycles. The molecule has 3 rings (SSSR count). The van der Waals surface area contributed by atoms with Gasteiger partial charge >= 0.3 is 0 Å². The molecule has 0 bridgehead atoms. The Bertz CT molecular complexity index is 797. The Morgan fingerprint density at radius 2 is 2.00 bits per heavy atom. The largest absolute Gasteiger partial charge is 0.350 e. The number of rotatable bonds is 2. The van der Waals surface area contributed by atoms with E-state index < -0.39 is 0 Å². The summed E-state index contributed by atoms with van der Waals surface area (Å²) in [6, 6.07) is 12.9. The molecular formula is C15H10ClFN2O. The molecule has 1 amide bonds. The molecule has 0 aliphatic rings. The molecule has 0 aliphatic carbocycles. The molecule has 0 aliphatic heterocycles. The van der Waals surface area contributed by atoms with E-state index in [4.69, 9.17) is 11.6 Å². The molecule has 1 aromatic heterocycles. The van der Waals surface area contributed by atoms with E-state index in [-0.39, 0.29) is 11.7 Å². The number of hydrogen-bond donors (Lipinski definition) is 2. The highest BCUT2D eigenvalue weighted by Gasteiger charge is 2.10. The van der Waals surface area contributed by atoms with Gasteiger partial charge in [0.15, 0.2) is 0 Å². The zero-order chi connectivity index (χ0) is 14.1. The number of H-pyrrole nitrogens is 1. The van der Waals surface area contributed by atoms with Crippen molar-refractivity contribution < 1.29 is 9.18 Å². The SMILES string of the molecule is O=C(Nc1cccc(Cl)c1)c1cc2ccc(F)cc2[nH]1. The standard InChI is InChI=1S/C15H10ClFN2O/c16-10-2-1-3-12(7-10)18-15(20)14-6-9-4-5-11(17)8-13(9)19-14/h1-8,19H,(H,18,20). The second-order valence-corrected chi connectivity index (χ2v) is 4.82. The average Bonchev–Trinajstić information content (AvgIpc) is 2.81. The number of halogens is 2. The third kappa shape index (κ3) is 2.51. The highest BCUT2D eigenvalue weighted by Crippen LogP contribution is 2.19. The van der Waals surface area contributed by atoms with E-state index in [1.807, 2.05) is 0 Å². The minimum Gasteiger partial charge on any atom is -0.350 e.